The molecule has 0 saturated carbocycles. The molecule has 2 aromatic carbocycles. The Labute approximate surface area is 151 Å². The van der Waals surface area contributed by atoms with Gasteiger partial charge in [0.1, 0.15) is 12.2 Å². The van der Waals surface area contributed by atoms with Gasteiger partial charge in [-0.1, -0.05) is 24.3 Å². The number of anilines is 4. The largest absolute Gasteiger partial charge is 0.349 e. The van der Waals surface area contributed by atoms with Crippen LogP contribution in [0.3, 0.4) is 0 Å². The fourth-order valence-corrected chi connectivity index (χ4v) is 2.69. The Kier molecular flexibility index (Phi) is 4.05. The van der Waals surface area contributed by atoms with Crippen LogP contribution in [0.1, 0.15) is 5.82 Å². The summed E-state index contributed by atoms with van der Waals surface area (Å²) >= 11 is 0. The zero-order valence-corrected chi connectivity index (χ0v) is 14.1. The Bertz CT molecular complexity index is 1250. The smallest absolute Gasteiger partial charge is 0.325 e. The molecule has 4 rings (SSSR count). The van der Waals surface area contributed by atoms with Gasteiger partial charge < -0.3 is 10.6 Å². The third-order valence-electron chi connectivity index (χ3n) is 3.78. The summed E-state index contributed by atoms with van der Waals surface area (Å²) in [5.74, 6) is 0.962. The predicted molar refractivity (Wildman–Crippen MR) is 101 cm³/mol. The highest BCUT2D eigenvalue weighted by Crippen LogP contribution is 2.31. The molecule has 134 valence electrons. The second kappa shape index (κ2) is 6.67. The summed E-state index contributed by atoms with van der Waals surface area (Å²) in [5, 5.41) is 7.91. The maximum absolute atomic E-state index is 11.6. The van der Waals surface area contributed by atoms with E-state index in [4.69, 9.17) is 0 Å². The molecule has 0 saturated heterocycles. The van der Waals surface area contributed by atoms with Gasteiger partial charge in [0.25, 0.3) is 0 Å². The van der Waals surface area contributed by atoms with Crippen molar-refractivity contribution < 1.29 is 0 Å². The third-order valence-corrected chi connectivity index (χ3v) is 3.78. The van der Waals surface area contributed by atoms with E-state index in [1.54, 1.807) is 6.92 Å². The minimum absolute atomic E-state index is 0.210. The highest BCUT2D eigenvalue weighted by atomic mass is 16.1. The lowest BCUT2D eigenvalue weighted by atomic mass is 10.1. The van der Waals surface area contributed by atoms with Crippen molar-refractivity contribution in [2.24, 2.45) is 0 Å². The molecule has 0 atom stereocenters. The molecule has 0 aliphatic rings. The molecular formula is C17H14N8O2. The summed E-state index contributed by atoms with van der Waals surface area (Å²) < 4.78 is 0. The van der Waals surface area contributed by atoms with Crippen LogP contribution in [0.2, 0.25) is 0 Å². The first-order valence-electron chi connectivity index (χ1n) is 8.00. The highest BCUT2D eigenvalue weighted by Gasteiger charge is 2.08. The molecule has 27 heavy (non-hydrogen) atoms. The van der Waals surface area contributed by atoms with Crippen molar-refractivity contribution in [3.05, 3.63) is 69.5 Å². The molecular weight excluding hydrogens is 348 g/mol. The minimum atomic E-state index is -0.489. The number of fused-ring (bicyclic) bond motifs is 1. The summed E-state index contributed by atoms with van der Waals surface area (Å²) in [6.07, 6.45) is 1.19. The first-order chi connectivity index (χ1) is 13.1. The van der Waals surface area contributed by atoms with Gasteiger partial charge in [-0.05, 0) is 19.1 Å². The Balaban J connectivity index is 1.75. The van der Waals surface area contributed by atoms with Crippen molar-refractivity contribution in [3.63, 3.8) is 0 Å². The van der Waals surface area contributed by atoms with Crippen molar-refractivity contribution in [2.75, 3.05) is 10.6 Å². The van der Waals surface area contributed by atoms with Gasteiger partial charge in [-0.25, -0.2) is 14.6 Å². The van der Waals surface area contributed by atoms with Crippen LogP contribution in [0.5, 0.6) is 0 Å². The van der Waals surface area contributed by atoms with Gasteiger partial charge in [0, 0.05) is 22.1 Å². The molecule has 0 aliphatic heterocycles. The van der Waals surface area contributed by atoms with Gasteiger partial charge in [-0.2, -0.15) is 15.0 Å². The molecule has 0 fully saturated rings. The lowest BCUT2D eigenvalue weighted by Crippen LogP contribution is -2.15. The van der Waals surface area contributed by atoms with Crippen molar-refractivity contribution in [1.82, 2.24) is 29.9 Å². The van der Waals surface area contributed by atoms with Crippen LogP contribution < -0.4 is 22.0 Å². The summed E-state index contributed by atoms with van der Waals surface area (Å²) in [6, 6.07) is 11.3. The van der Waals surface area contributed by atoms with Crippen molar-refractivity contribution in [1.29, 1.82) is 0 Å². The Hall–Kier alpha value is -4.08. The van der Waals surface area contributed by atoms with Crippen LogP contribution in [-0.2, 0) is 0 Å². The minimum Gasteiger partial charge on any atom is -0.325 e. The normalized spacial score (nSPS) is 10.7. The van der Waals surface area contributed by atoms with E-state index in [0.717, 1.165) is 22.1 Å². The van der Waals surface area contributed by atoms with Crippen LogP contribution in [0.25, 0.3) is 10.8 Å². The van der Waals surface area contributed by atoms with E-state index in [-0.39, 0.29) is 11.9 Å². The van der Waals surface area contributed by atoms with Crippen LogP contribution in [0, 0.1) is 6.92 Å². The summed E-state index contributed by atoms with van der Waals surface area (Å²) in [6.45, 7) is 1.68. The maximum Gasteiger partial charge on any atom is 0.349 e. The number of aromatic amines is 2. The van der Waals surface area contributed by atoms with E-state index in [1.807, 2.05) is 36.4 Å². The standard InChI is InChI=1S/C17H14N8O2/c1-9-20-15(25-17(27)21-9)23-13-7-3-4-10-11(13)5-2-6-12(10)22-14-18-8-19-16(26)24-14/h2-8H,1H3,(H2,18,19,22,24,26)(H2,20,21,23,25,27). The van der Waals surface area contributed by atoms with E-state index in [9.17, 15) is 9.59 Å². The average molecular weight is 362 g/mol. The average Bonchev–Trinajstić information content (AvgIpc) is 2.62. The number of hydrogen-bond acceptors (Lipinski definition) is 8. The topological polar surface area (TPSA) is 141 Å². The van der Waals surface area contributed by atoms with Gasteiger partial charge >= 0.3 is 11.4 Å². The number of aromatic nitrogens is 6. The second-order valence-corrected chi connectivity index (χ2v) is 5.67. The first kappa shape index (κ1) is 16.4. The second-order valence-electron chi connectivity index (χ2n) is 5.67. The Morgan fingerprint density at radius 1 is 0.815 bits per heavy atom. The van der Waals surface area contributed by atoms with E-state index in [2.05, 4.69) is 40.5 Å². The third kappa shape index (κ3) is 3.49. The molecule has 4 aromatic rings. The summed E-state index contributed by atoms with van der Waals surface area (Å²) in [4.78, 5) is 43.5. The van der Waals surface area contributed by atoms with Crippen molar-refractivity contribution in [2.45, 2.75) is 6.92 Å². The van der Waals surface area contributed by atoms with E-state index in [1.165, 1.54) is 6.33 Å². The molecule has 0 radical (unpaired) electrons. The van der Waals surface area contributed by atoms with Crippen LogP contribution in [0.4, 0.5) is 23.3 Å². The lowest BCUT2D eigenvalue weighted by molar-refractivity contribution is 0.935. The Morgan fingerprint density at radius 3 is 2.19 bits per heavy atom. The maximum atomic E-state index is 11.6. The quantitative estimate of drug-likeness (QED) is 0.429. The molecule has 0 aliphatic carbocycles. The number of H-pyrrole nitrogens is 2. The lowest BCUT2D eigenvalue weighted by Gasteiger charge is -2.12. The fourth-order valence-electron chi connectivity index (χ4n) is 2.69. The summed E-state index contributed by atoms with van der Waals surface area (Å²) in [5.41, 5.74) is 0.517. The number of aryl methyl sites for hydroxylation is 1. The zero-order valence-electron chi connectivity index (χ0n) is 14.1. The zero-order chi connectivity index (χ0) is 18.8. The van der Waals surface area contributed by atoms with Gasteiger partial charge in [0.15, 0.2) is 0 Å². The van der Waals surface area contributed by atoms with Gasteiger partial charge in [-0.15, -0.1) is 0 Å². The number of nitrogens with one attached hydrogen (secondary N) is 4. The van der Waals surface area contributed by atoms with Crippen molar-refractivity contribution in [3.8, 4) is 0 Å². The van der Waals surface area contributed by atoms with E-state index >= 15 is 0 Å². The van der Waals surface area contributed by atoms with Gasteiger partial charge in [0.2, 0.25) is 11.9 Å². The molecule has 0 spiro atoms. The van der Waals surface area contributed by atoms with Gasteiger partial charge in [0.05, 0.1) is 0 Å². The van der Waals surface area contributed by atoms with Crippen LogP contribution in [-0.4, -0.2) is 29.9 Å². The molecule has 10 nitrogen and oxygen atoms in total. The number of hydrogen-bond donors (Lipinski definition) is 4. The molecule has 2 aromatic heterocycles. The number of rotatable bonds is 4. The first-order valence-corrected chi connectivity index (χ1v) is 8.00. The number of nitrogens with zero attached hydrogens (tertiary/aromatic N) is 4. The van der Waals surface area contributed by atoms with Crippen LogP contribution in [0.15, 0.2) is 52.3 Å². The van der Waals surface area contributed by atoms with Crippen LogP contribution >= 0.6 is 0 Å². The van der Waals surface area contributed by atoms with E-state index in [0.29, 0.717) is 5.82 Å². The molecule has 4 N–H and O–H groups in total. The molecule has 0 bridgehead atoms. The molecule has 0 unspecified atom stereocenters. The SMILES string of the molecule is Cc1nc(Nc2cccc3c(Nc4ncnc(=O)[nH]4)cccc23)nc(=O)[nH]1. The Morgan fingerprint density at radius 2 is 1.52 bits per heavy atom. The molecule has 2 heterocycles. The fraction of sp³-hybridized carbons (Fsp3) is 0.0588. The molecule has 10 heteroatoms. The molecule has 0 amide bonds. The van der Waals surface area contributed by atoms with E-state index < -0.39 is 11.4 Å². The van der Waals surface area contributed by atoms with Gasteiger partial charge in [-0.3, -0.25) is 9.97 Å². The van der Waals surface area contributed by atoms with Crippen molar-refractivity contribution >= 4 is 34.0 Å². The number of benzene rings is 2. The monoisotopic (exact) mass is 362 g/mol. The predicted octanol–water partition coefficient (Wildman–Crippen LogP) is 1.59. The summed E-state index contributed by atoms with van der Waals surface area (Å²) in [7, 11) is 0. The highest BCUT2D eigenvalue weighted by molar-refractivity contribution is 6.02.